The molecule has 36 heavy (non-hydrogen) atoms. The molecule has 0 spiro atoms. The van der Waals surface area contributed by atoms with Gasteiger partial charge in [-0.3, -0.25) is 5.32 Å². The van der Waals surface area contributed by atoms with E-state index in [1.165, 1.54) is 11.3 Å². The number of fused-ring (bicyclic) bond motifs is 1. The summed E-state index contributed by atoms with van der Waals surface area (Å²) in [5, 5.41) is 15.7. The highest BCUT2D eigenvalue weighted by Crippen LogP contribution is 2.38. The van der Waals surface area contributed by atoms with Crippen molar-refractivity contribution in [2.24, 2.45) is 0 Å². The maximum atomic E-state index is 12.1. The molecule has 0 saturated carbocycles. The molecule has 0 bridgehead atoms. The lowest BCUT2D eigenvalue weighted by Crippen LogP contribution is -2.52. The molecule has 12 heteroatoms. The molecule has 0 radical (unpaired) electrons. The van der Waals surface area contributed by atoms with Crippen LogP contribution in [0.3, 0.4) is 0 Å². The first-order valence-corrected chi connectivity index (χ1v) is 12.4. The van der Waals surface area contributed by atoms with Crippen molar-refractivity contribution in [1.82, 2.24) is 30.2 Å². The minimum Gasteiger partial charge on any atom is -0.385 e. The molecule has 4 aromatic rings. The highest BCUT2D eigenvalue weighted by molar-refractivity contribution is 7.22. The number of carbonyl (C=O) groups excluding carboxylic acids is 1. The van der Waals surface area contributed by atoms with Crippen LogP contribution in [0.2, 0.25) is 0 Å². The smallest absolute Gasteiger partial charge is 0.321 e. The zero-order valence-corrected chi connectivity index (χ0v) is 20.9. The van der Waals surface area contributed by atoms with Crippen LogP contribution in [0.5, 0.6) is 0 Å². The molecule has 3 aromatic heterocycles. The average Bonchev–Trinajstić information content (AvgIpc) is 3.25. The van der Waals surface area contributed by atoms with E-state index in [1.807, 2.05) is 25.1 Å². The molecule has 1 fully saturated rings. The van der Waals surface area contributed by atoms with Crippen molar-refractivity contribution in [3.8, 4) is 22.5 Å². The first-order valence-electron chi connectivity index (χ1n) is 11.6. The lowest BCUT2D eigenvalue weighted by molar-refractivity contribution is 0.0783. The predicted molar refractivity (Wildman–Crippen MR) is 138 cm³/mol. The van der Waals surface area contributed by atoms with Gasteiger partial charge in [0.15, 0.2) is 16.8 Å². The van der Waals surface area contributed by atoms with Gasteiger partial charge in [0.05, 0.1) is 16.3 Å². The minimum atomic E-state index is -0.756. The molecule has 0 aliphatic carbocycles. The summed E-state index contributed by atoms with van der Waals surface area (Å²) in [6.07, 6.45) is 4.53. The molecule has 1 atom stereocenters. The fourth-order valence-corrected chi connectivity index (χ4v) is 4.80. The SMILES string of the molecule is CCNC(=O)Nc1nc2cc(-c3cnc(C(C)O)nc3)cc(-c3nccc(N4CC(OC)C4)n3)c2s1. The maximum Gasteiger partial charge on any atom is 0.321 e. The van der Waals surface area contributed by atoms with Crippen LogP contribution in [-0.2, 0) is 4.74 Å². The van der Waals surface area contributed by atoms with Gasteiger partial charge in [-0.15, -0.1) is 0 Å². The van der Waals surface area contributed by atoms with Crippen molar-refractivity contribution in [3.05, 3.63) is 42.6 Å². The van der Waals surface area contributed by atoms with E-state index in [0.29, 0.717) is 28.8 Å². The van der Waals surface area contributed by atoms with E-state index >= 15 is 0 Å². The molecule has 1 unspecified atom stereocenters. The second-order valence-electron chi connectivity index (χ2n) is 8.38. The van der Waals surface area contributed by atoms with Gasteiger partial charge in [0.2, 0.25) is 0 Å². The highest BCUT2D eigenvalue weighted by atomic mass is 32.1. The molecule has 11 nitrogen and oxygen atoms in total. The quantitative estimate of drug-likeness (QED) is 0.345. The van der Waals surface area contributed by atoms with Crippen LogP contribution in [0.4, 0.5) is 15.7 Å². The van der Waals surface area contributed by atoms with Crippen molar-refractivity contribution < 1.29 is 14.6 Å². The summed E-state index contributed by atoms with van der Waals surface area (Å²) in [4.78, 5) is 36.8. The number of aliphatic hydroxyl groups excluding tert-OH is 1. The van der Waals surface area contributed by atoms with E-state index in [2.05, 4.69) is 35.5 Å². The van der Waals surface area contributed by atoms with Crippen LogP contribution < -0.4 is 15.5 Å². The Morgan fingerprint density at radius 1 is 1.22 bits per heavy atom. The van der Waals surface area contributed by atoms with Gasteiger partial charge >= 0.3 is 6.03 Å². The van der Waals surface area contributed by atoms with Gasteiger partial charge in [-0.25, -0.2) is 29.7 Å². The number of nitrogens with zero attached hydrogens (tertiary/aromatic N) is 6. The van der Waals surface area contributed by atoms with Crippen molar-refractivity contribution in [1.29, 1.82) is 0 Å². The summed E-state index contributed by atoms with van der Waals surface area (Å²) >= 11 is 1.36. The molecule has 4 heterocycles. The number of nitrogens with one attached hydrogen (secondary N) is 2. The van der Waals surface area contributed by atoms with Crippen molar-refractivity contribution in [3.63, 3.8) is 0 Å². The third-order valence-electron chi connectivity index (χ3n) is 5.81. The number of aliphatic hydroxyl groups is 1. The number of methoxy groups -OCH3 is 1. The van der Waals surface area contributed by atoms with Crippen LogP contribution in [0.1, 0.15) is 25.8 Å². The van der Waals surface area contributed by atoms with Crippen LogP contribution in [0, 0.1) is 0 Å². The standard InChI is InChI=1S/C24H26N8O3S/c1-4-25-23(34)31-24-29-18-8-14(15-9-27-21(13(2)33)28-10-15)7-17(20(18)36-24)22-26-6-5-19(30-22)32-11-16(12-32)35-3/h5-10,13,16,33H,4,11-12H2,1-3H3,(H2,25,29,31,34). The molecular formula is C24H26N8O3S. The number of anilines is 2. The Morgan fingerprint density at radius 3 is 2.69 bits per heavy atom. The molecule has 1 saturated heterocycles. The molecule has 1 aromatic carbocycles. The van der Waals surface area contributed by atoms with Gasteiger partial charge in [0.1, 0.15) is 11.9 Å². The maximum absolute atomic E-state index is 12.1. The van der Waals surface area contributed by atoms with Crippen molar-refractivity contribution >= 4 is 38.5 Å². The Hall–Kier alpha value is -3.74. The average molecular weight is 507 g/mol. The molecule has 5 rings (SSSR count). The lowest BCUT2D eigenvalue weighted by atomic mass is 10.0. The summed E-state index contributed by atoms with van der Waals surface area (Å²) in [6, 6.07) is 5.46. The fraction of sp³-hybridized carbons (Fsp3) is 0.333. The van der Waals surface area contributed by atoms with E-state index < -0.39 is 6.10 Å². The van der Waals surface area contributed by atoms with Gasteiger partial charge in [0.25, 0.3) is 0 Å². The van der Waals surface area contributed by atoms with E-state index in [1.54, 1.807) is 32.6 Å². The molecule has 1 aliphatic rings. The Labute approximate surface area is 211 Å². The van der Waals surface area contributed by atoms with E-state index in [-0.39, 0.29) is 12.1 Å². The topological polar surface area (TPSA) is 138 Å². The van der Waals surface area contributed by atoms with Crippen molar-refractivity contribution in [2.45, 2.75) is 26.1 Å². The number of hydrogen-bond acceptors (Lipinski definition) is 10. The molecule has 186 valence electrons. The first-order chi connectivity index (χ1) is 17.4. The normalized spacial score (nSPS) is 14.5. The van der Waals surface area contributed by atoms with Gasteiger partial charge in [-0.2, -0.15) is 0 Å². The monoisotopic (exact) mass is 506 g/mol. The number of hydrogen-bond donors (Lipinski definition) is 3. The number of benzene rings is 1. The zero-order valence-electron chi connectivity index (χ0n) is 20.1. The van der Waals surface area contributed by atoms with Gasteiger partial charge in [-0.05, 0) is 37.6 Å². The van der Waals surface area contributed by atoms with Gasteiger partial charge in [-0.1, -0.05) is 11.3 Å². The molecule has 2 amide bonds. The second-order valence-corrected chi connectivity index (χ2v) is 9.38. The summed E-state index contributed by atoms with van der Waals surface area (Å²) in [5.74, 6) is 1.72. The Bertz CT molecular complexity index is 1390. The summed E-state index contributed by atoms with van der Waals surface area (Å²) in [7, 11) is 1.71. The second kappa shape index (κ2) is 10.1. The zero-order chi connectivity index (χ0) is 25.2. The first kappa shape index (κ1) is 24.0. The third-order valence-corrected chi connectivity index (χ3v) is 6.83. The Kier molecular flexibility index (Phi) is 6.72. The summed E-state index contributed by atoms with van der Waals surface area (Å²) in [6.45, 7) is 5.53. The van der Waals surface area contributed by atoms with E-state index in [0.717, 1.165) is 40.3 Å². The van der Waals surface area contributed by atoms with Crippen LogP contribution in [-0.4, -0.2) is 68.9 Å². The number of thiazole rings is 1. The van der Waals surface area contributed by atoms with E-state index in [4.69, 9.17) is 9.72 Å². The number of ether oxygens (including phenoxy) is 1. The minimum absolute atomic E-state index is 0.201. The third kappa shape index (κ3) is 4.83. The summed E-state index contributed by atoms with van der Waals surface area (Å²) < 4.78 is 6.24. The number of amides is 2. The number of urea groups is 1. The van der Waals surface area contributed by atoms with Gasteiger partial charge < -0.3 is 20.1 Å². The molecule has 3 N–H and O–H groups in total. The largest absolute Gasteiger partial charge is 0.385 e. The lowest BCUT2D eigenvalue weighted by Gasteiger charge is -2.39. The Morgan fingerprint density at radius 2 is 2.00 bits per heavy atom. The van der Waals surface area contributed by atoms with Crippen molar-refractivity contribution in [2.75, 3.05) is 37.0 Å². The van der Waals surface area contributed by atoms with Crippen LogP contribution in [0.25, 0.3) is 32.7 Å². The van der Waals surface area contributed by atoms with E-state index in [9.17, 15) is 9.90 Å². The highest BCUT2D eigenvalue weighted by Gasteiger charge is 2.28. The number of carbonyl (C=O) groups is 1. The Balaban J connectivity index is 1.58. The summed E-state index contributed by atoms with van der Waals surface area (Å²) in [5.41, 5.74) is 3.06. The van der Waals surface area contributed by atoms with Crippen LogP contribution >= 0.6 is 11.3 Å². The van der Waals surface area contributed by atoms with Gasteiger partial charge in [0, 0.05) is 56.5 Å². The number of aromatic nitrogens is 5. The predicted octanol–water partition coefficient (Wildman–Crippen LogP) is 3.24. The molecule has 1 aliphatic heterocycles. The number of rotatable bonds is 7. The van der Waals surface area contributed by atoms with Crippen LogP contribution in [0.15, 0.2) is 36.8 Å². The molecular weight excluding hydrogens is 480 g/mol. The fourth-order valence-electron chi connectivity index (χ4n) is 3.85.